The molecule has 4 rings (SSSR count). The summed E-state index contributed by atoms with van der Waals surface area (Å²) in [4.78, 5) is 23.8. The molecule has 3 aromatic rings. The van der Waals surface area contributed by atoms with E-state index < -0.39 is 0 Å². The smallest absolute Gasteiger partial charge is 0.332 e. The highest BCUT2D eigenvalue weighted by Gasteiger charge is 2.21. The maximum atomic E-state index is 11.7. The minimum absolute atomic E-state index is 0.0539. The van der Waals surface area contributed by atoms with Gasteiger partial charge in [-0.05, 0) is 55.4 Å². The highest BCUT2D eigenvalue weighted by molar-refractivity contribution is 7.19. The van der Waals surface area contributed by atoms with E-state index in [4.69, 9.17) is 42.6 Å². The van der Waals surface area contributed by atoms with Crippen LogP contribution in [0.4, 0.5) is 5.82 Å². The van der Waals surface area contributed by atoms with Crippen LogP contribution in [0.2, 0.25) is 10.0 Å². The second-order valence-electron chi connectivity index (χ2n) is 8.36. The van der Waals surface area contributed by atoms with Gasteiger partial charge < -0.3 is 14.8 Å². The summed E-state index contributed by atoms with van der Waals surface area (Å²) in [5, 5.41) is 5.71. The Labute approximate surface area is 214 Å². The molecule has 6 nitrogen and oxygen atoms in total. The number of carbonyl (C=O) groups excluding carboxylic acids is 1. The second kappa shape index (κ2) is 12.2. The first-order valence-corrected chi connectivity index (χ1v) is 13.3. The summed E-state index contributed by atoms with van der Waals surface area (Å²) < 4.78 is 10.6. The van der Waals surface area contributed by atoms with Crippen molar-refractivity contribution in [3.05, 3.63) is 50.1 Å². The average molecular weight is 522 g/mol. The maximum Gasteiger partial charge on any atom is 0.332 e. The lowest BCUT2D eigenvalue weighted by Gasteiger charge is -2.14. The molecule has 0 fully saturated rings. The third-order valence-electron chi connectivity index (χ3n) is 5.76. The lowest BCUT2D eigenvalue weighted by atomic mass is 9.97. The number of carbonyl (C=O) groups is 1. The quantitative estimate of drug-likeness (QED) is 0.232. The van der Waals surface area contributed by atoms with Gasteiger partial charge in [-0.15, -0.1) is 11.3 Å². The van der Waals surface area contributed by atoms with E-state index in [1.807, 2.05) is 12.1 Å². The van der Waals surface area contributed by atoms with Crippen LogP contribution in [-0.4, -0.2) is 35.8 Å². The molecule has 0 amide bonds. The molecular formula is C25H29Cl2N3O3S. The summed E-state index contributed by atoms with van der Waals surface area (Å²) in [5.74, 6) is 1.20. The number of ether oxygens (including phenoxy) is 2. The normalized spacial score (nSPS) is 13.1. The number of nitrogens with zero attached hydrogens (tertiary/aromatic N) is 2. The molecule has 0 saturated carbocycles. The second-order valence-corrected chi connectivity index (χ2v) is 10.3. The Morgan fingerprint density at radius 1 is 1.15 bits per heavy atom. The zero-order chi connectivity index (χ0) is 23.9. The lowest BCUT2D eigenvalue weighted by Crippen LogP contribution is -2.15. The van der Waals surface area contributed by atoms with Gasteiger partial charge in [0.2, 0.25) is 0 Å². The molecule has 0 aliphatic heterocycles. The number of hydrogen-bond acceptors (Lipinski definition) is 7. The first-order valence-electron chi connectivity index (χ1n) is 11.8. The van der Waals surface area contributed by atoms with Gasteiger partial charge in [0.25, 0.3) is 0 Å². The number of halogens is 2. The molecule has 0 spiro atoms. The highest BCUT2D eigenvalue weighted by Crippen LogP contribution is 2.39. The van der Waals surface area contributed by atoms with E-state index in [9.17, 15) is 4.79 Å². The van der Waals surface area contributed by atoms with E-state index in [1.165, 1.54) is 23.3 Å². The minimum Gasteiger partial charge on any atom is -0.464 e. The fourth-order valence-electron chi connectivity index (χ4n) is 3.97. The van der Waals surface area contributed by atoms with Gasteiger partial charge in [-0.25, -0.2) is 14.8 Å². The van der Waals surface area contributed by atoms with Gasteiger partial charge in [-0.2, -0.15) is 0 Å². The van der Waals surface area contributed by atoms with E-state index in [1.54, 1.807) is 17.4 Å². The van der Waals surface area contributed by atoms with E-state index in [0.29, 0.717) is 42.0 Å². The van der Waals surface area contributed by atoms with E-state index in [2.05, 4.69) is 12.2 Å². The summed E-state index contributed by atoms with van der Waals surface area (Å²) in [5.41, 5.74) is 2.40. The average Bonchev–Trinajstić information content (AvgIpc) is 3.21. The Morgan fingerprint density at radius 2 is 2.00 bits per heavy atom. The Hall–Kier alpha value is -1.93. The molecule has 0 bridgehead atoms. The summed E-state index contributed by atoms with van der Waals surface area (Å²) in [7, 11) is 0. The lowest BCUT2D eigenvalue weighted by molar-refractivity contribution is -0.149. The molecule has 0 saturated heterocycles. The van der Waals surface area contributed by atoms with Crippen LogP contribution >= 0.6 is 34.5 Å². The number of thiophene rings is 1. The topological polar surface area (TPSA) is 73.3 Å². The van der Waals surface area contributed by atoms with Gasteiger partial charge in [0.15, 0.2) is 0 Å². The molecule has 1 N–H and O–H groups in total. The van der Waals surface area contributed by atoms with Gasteiger partial charge in [-0.1, -0.05) is 42.6 Å². The van der Waals surface area contributed by atoms with Crippen LogP contribution < -0.4 is 5.32 Å². The van der Waals surface area contributed by atoms with Crippen molar-refractivity contribution in [1.29, 1.82) is 0 Å². The van der Waals surface area contributed by atoms with Crippen molar-refractivity contribution in [2.75, 3.05) is 25.1 Å². The zero-order valence-corrected chi connectivity index (χ0v) is 21.6. The number of unbranched alkanes of at least 4 members (excludes halogenated alkanes) is 1. The van der Waals surface area contributed by atoms with Crippen LogP contribution in [0.3, 0.4) is 0 Å². The van der Waals surface area contributed by atoms with Gasteiger partial charge in [0.05, 0.1) is 28.6 Å². The molecule has 182 valence electrons. The summed E-state index contributed by atoms with van der Waals surface area (Å²) in [6, 6.07) is 5.63. The van der Waals surface area contributed by atoms with E-state index in [-0.39, 0.29) is 12.6 Å². The van der Waals surface area contributed by atoms with Gasteiger partial charge in [0, 0.05) is 17.8 Å². The number of esters is 1. The third-order valence-corrected chi connectivity index (χ3v) is 7.68. The van der Waals surface area contributed by atoms with E-state index in [0.717, 1.165) is 47.3 Å². The fourth-order valence-corrected chi connectivity index (χ4v) is 5.57. The van der Waals surface area contributed by atoms with Crippen molar-refractivity contribution < 1.29 is 14.3 Å². The molecule has 2 aromatic heterocycles. The molecule has 1 aliphatic rings. The van der Waals surface area contributed by atoms with E-state index >= 15 is 0 Å². The Morgan fingerprint density at radius 3 is 2.82 bits per heavy atom. The first kappa shape index (κ1) is 25.2. The molecule has 0 atom stereocenters. The van der Waals surface area contributed by atoms with Crippen molar-refractivity contribution in [3.63, 3.8) is 0 Å². The van der Waals surface area contributed by atoms with Gasteiger partial charge in [-0.3, -0.25) is 0 Å². The predicted molar refractivity (Wildman–Crippen MR) is 138 cm³/mol. The van der Waals surface area contributed by atoms with Gasteiger partial charge in [0.1, 0.15) is 23.1 Å². The number of aryl methyl sites for hydroxylation is 2. The number of anilines is 1. The van der Waals surface area contributed by atoms with Crippen molar-refractivity contribution >= 4 is 56.5 Å². The number of hydrogen-bond donors (Lipinski definition) is 1. The molecular weight excluding hydrogens is 493 g/mol. The standard InChI is InChI=1S/C25H29Cl2N3O3S/c1-2-3-11-33-22(31)15-32-12-10-21-29-24(28-14-16-8-9-18(26)19(27)13-16)23-17-6-4-5-7-20(17)34-25(23)30-21/h8-9,13H,2-7,10-12,14-15H2,1H3,(H,28,29,30). The molecule has 1 aromatic carbocycles. The number of nitrogens with one attached hydrogen (secondary N) is 1. The van der Waals surface area contributed by atoms with Crippen LogP contribution in [0, 0.1) is 0 Å². The maximum absolute atomic E-state index is 11.7. The van der Waals surface area contributed by atoms with Gasteiger partial charge >= 0.3 is 5.97 Å². The highest BCUT2D eigenvalue weighted by atomic mass is 35.5. The summed E-state index contributed by atoms with van der Waals surface area (Å²) in [6.45, 7) is 3.37. The molecule has 34 heavy (non-hydrogen) atoms. The Balaban J connectivity index is 1.47. The number of benzene rings is 1. The molecule has 0 unspecified atom stereocenters. The predicted octanol–water partition coefficient (Wildman–Crippen LogP) is 6.39. The Bertz CT molecular complexity index is 1150. The molecule has 0 radical (unpaired) electrons. The summed E-state index contributed by atoms with van der Waals surface area (Å²) in [6.07, 6.45) is 6.93. The van der Waals surface area contributed by atoms with Crippen LogP contribution in [0.15, 0.2) is 18.2 Å². The minimum atomic E-state index is -0.334. The number of fused-ring (bicyclic) bond motifs is 3. The van der Waals surface area contributed by atoms with Crippen molar-refractivity contribution in [2.45, 2.75) is 58.4 Å². The largest absolute Gasteiger partial charge is 0.464 e. The van der Waals surface area contributed by atoms with Crippen LogP contribution in [0.25, 0.3) is 10.2 Å². The van der Waals surface area contributed by atoms with Crippen LogP contribution in [0.1, 0.15) is 54.4 Å². The monoisotopic (exact) mass is 521 g/mol. The first-order chi connectivity index (χ1) is 16.5. The number of rotatable bonds is 11. The fraction of sp³-hybridized carbons (Fsp3) is 0.480. The summed E-state index contributed by atoms with van der Waals surface area (Å²) >= 11 is 14.0. The SMILES string of the molecule is CCCCOC(=O)COCCc1nc(NCc2ccc(Cl)c(Cl)c2)c2c3c(sc2n1)CCCC3. The molecule has 1 aliphatic carbocycles. The molecule has 9 heteroatoms. The number of aromatic nitrogens is 2. The van der Waals surface area contributed by atoms with Crippen molar-refractivity contribution in [1.82, 2.24) is 9.97 Å². The van der Waals surface area contributed by atoms with Crippen molar-refractivity contribution in [2.24, 2.45) is 0 Å². The molecule has 2 heterocycles. The van der Waals surface area contributed by atoms with Crippen LogP contribution in [0.5, 0.6) is 0 Å². The van der Waals surface area contributed by atoms with Crippen LogP contribution in [-0.2, 0) is 40.1 Å². The third kappa shape index (κ3) is 6.39. The zero-order valence-electron chi connectivity index (χ0n) is 19.3. The van der Waals surface area contributed by atoms with Crippen molar-refractivity contribution in [3.8, 4) is 0 Å². The Kier molecular flexibility index (Phi) is 9.00.